The number of benzene rings is 3. The van der Waals surface area contributed by atoms with Crippen LogP contribution >= 0.6 is 0 Å². The van der Waals surface area contributed by atoms with Crippen molar-refractivity contribution in [2.45, 2.75) is 76.4 Å². The molecule has 1 aliphatic carbocycles. The van der Waals surface area contributed by atoms with Gasteiger partial charge in [0, 0.05) is 74.0 Å². The summed E-state index contributed by atoms with van der Waals surface area (Å²) in [5, 5.41) is 1.06. The van der Waals surface area contributed by atoms with Crippen LogP contribution < -0.4 is 15.4 Å². The van der Waals surface area contributed by atoms with Gasteiger partial charge in [-0.05, 0) is 73.2 Å². The highest BCUT2D eigenvalue weighted by Gasteiger charge is 2.34. The van der Waals surface area contributed by atoms with Crippen molar-refractivity contribution in [3.63, 3.8) is 0 Å². The van der Waals surface area contributed by atoms with Crippen molar-refractivity contribution >= 4 is 22.4 Å². The molecule has 2 aliphatic rings. The molecule has 46 heavy (non-hydrogen) atoms. The number of aryl methyl sites for hydroxylation is 1. The average molecular weight is 633 g/mol. The molecule has 4 aromatic rings. The van der Waals surface area contributed by atoms with Gasteiger partial charge in [0.2, 0.25) is 0 Å². The molecule has 0 radical (unpaired) electrons. The van der Waals surface area contributed by atoms with Gasteiger partial charge in [-0.3, -0.25) is 9.69 Å². The Morgan fingerprint density at radius 2 is 1.59 bits per heavy atom. The Labute approximate surface area is 268 Å². The summed E-state index contributed by atoms with van der Waals surface area (Å²) in [6.45, 7) is 5.42. The van der Waals surface area contributed by atoms with E-state index in [0.717, 1.165) is 106 Å². The highest BCUT2D eigenvalue weighted by atomic mass is 19.4. The van der Waals surface area contributed by atoms with E-state index < -0.39 is 11.9 Å². The summed E-state index contributed by atoms with van der Waals surface area (Å²) in [5.41, 5.74) is 11.1. The molecule has 2 heterocycles. The van der Waals surface area contributed by atoms with Gasteiger partial charge in [0.05, 0.1) is 5.54 Å². The number of nitrogens with two attached hydrogens (primary N) is 1. The zero-order valence-electron chi connectivity index (χ0n) is 26.3. The third-order valence-corrected chi connectivity index (χ3v) is 9.60. The molecule has 2 fully saturated rings. The summed E-state index contributed by atoms with van der Waals surface area (Å²) >= 11 is 0. The van der Waals surface area contributed by atoms with Gasteiger partial charge in [-0.15, -0.1) is 13.2 Å². The number of carbonyl (C=O) groups is 1. The fraction of sp³-hybridized carbons (Fsp3) is 0.432. The van der Waals surface area contributed by atoms with Crippen molar-refractivity contribution in [3.05, 3.63) is 84.6 Å². The fourth-order valence-corrected chi connectivity index (χ4v) is 7.03. The van der Waals surface area contributed by atoms with E-state index in [0.29, 0.717) is 6.42 Å². The molecule has 0 unspecified atom stereocenters. The summed E-state index contributed by atoms with van der Waals surface area (Å²) in [5.74, 6) is -0.0590. The van der Waals surface area contributed by atoms with E-state index in [1.165, 1.54) is 23.4 Å². The van der Waals surface area contributed by atoms with E-state index in [1.54, 1.807) is 12.1 Å². The van der Waals surface area contributed by atoms with Crippen LogP contribution in [0.25, 0.3) is 22.0 Å². The van der Waals surface area contributed by atoms with Crippen LogP contribution in [0.3, 0.4) is 0 Å². The second-order valence-electron chi connectivity index (χ2n) is 12.9. The minimum atomic E-state index is -4.74. The summed E-state index contributed by atoms with van der Waals surface area (Å²) in [6, 6.07) is 23.1. The highest BCUT2D eigenvalue weighted by Crippen LogP contribution is 2.34. The van der Waals surface area contributed by atoms with Gasteiger partial charge in [0.25, 0.3) is 0 Å². The zero-order valence-corrected chi connectivity index (χ0v) is 26.3. The first kappa shape index (κ1) is 32.1. The maximum atomic E-state index is 12.9. The number of alkyl halides is 3. The Morgan fingerprint density at radius 1 is 0.870 bits per heavy atom. The number of hydrogen-bond donors (Lipinski definition) is 1. The Kier molecular flexibility index (Phi) is 9.70. The molecular weight excluding hydrogens is 589 g/mol. The summed E-state index contributed by atoms with van der Waals surface area (Å²) < 4.78 is 44.7. The lowest BCUT2D eigenvalue weighted by molar-refractivity contribution is -0.274. The van der Waals surface area contributed by atoms with Crippen LogP contribution in [0.5, 0.6) is 5.75 Å². The number of carbonyl (C=O) groups excluding carboxylic acids is 1. The molecule has 0 bridgehead atoms. The average Bonchev–Trinajstić information content (AvgIpc) is 3.41. The van der Waals surface area contributed by atoms with Gasteiger partial charge in [-0.25, -0.2) is 0 Å². The molecule has 244 valence electrons. The highest BCUT2D eigenvalue weighted by molar-refractivity contribution is 5.96. The zero-order chi connectivity index (χ0) is 32.1. The predicted molar refractivity (Wildman–Crippen MR) is 177 cm³/mol. The van der Waals surface area contributed by atoms with E-state index >= 15 is 0 Å². The molecule has 1 aromatic heterocycles. The SMILES string of the molecule is NC1(C(=O)CCCCn2cc(-c3ccc(OC(F)(F)F)cc3)c3cc(CN4CCN(c5ccccc5)CC4)ccc32)CCCCC1. The molecule has 9 heteroatoms. The number of anilines is 1. The predicted octanol–water partition coefficient (Wildman–Crippen LogP) is 7.93. The first-order valence-electron chi connectivity index (χ1n) is 16.5. The first-order chi connectivity index (χ1) is 22.2. The van der Waals surface area contributed by atoms with Crippen molar-refractivity contribution in [2.75, 3.05) is 31.1 Å². The van der Waals surface area contributed by atoms with Crippen LogP contribution in [0.4, 0.5) is 18.9 Å². The Hall–Kier alpha value is -3.82. The number of rotatable bonds is 11. The Morgan fingerprint density at radius 3 is 2.28 bits per heavy atom. The third-order valence-electron chi connectivity index (χ3n) is 9.60. The van der Waals surface area contributed by atoms with E-state index in [4.69, 9.17) is 5.73 Å². The summed E-state index contributed by atoms with van der Waals surface area (Å²) in [6.07, 6.45) is 4.21. The molecule has 1 saturated heterocycles. The number of aromatic nitrogens is 1. The van der Waals surface area contributed by atoms with Crippen LogP contribution in [-0.4, -0.2) is 53.3 Å². The quantitative estimate of drug-likeness (QED) is 0.170. The number of piperazine rings is 1. The van der Waals surface area contributed by atoms with Crippen molar-refractivity contribution < 1.29 is 22.7 Å². The van der Waals surface area contributed by atoms with Crippen molar-refractivity contribution in [1.29, 1.82) is 0 Å². The lowest BCUT2D eigenvalue weighted by Gasteiger charge is -2.36. The maximum absolute atomic E-state index is 12.9. The van der Waals surface area contributed by atoms with Gasteiger partial charge in [-0.2, -0.15) is 0 Å². The van der Waals surface area contributed by atoms with Gasteiger partial charge < -0.3 is 19.9 Å². The van der Waals surface area contributed by atoms with E-state index in [-0.39, 0.29) is 11.5 Å². The molecule has 3 aromatic carbocycles. The van der Waals surface area contributed by atoms with Crippen LogP contribution in [0.15, 0.2) is 79.0 Å². The smallest absolute Gasteiger partial charge is 0.406 e. The summed E-state index contributed by atoms with van der Waals surface area (Å²) in [7, 11) is 0. The van der Waals surface area contributed by atoms with Crippen LogP contribution in [-0.2, 0) is 17.9 Å². The Balaban J connectivity index is 1.17. The number of Topliss-reactive ketones (excluding diaryl/α,β-unsaturated/α-hetero) is 1. The topological polar surface area (TPSA) is 63.7 Å². The fourth-order valence-electron chi connectivity index (χ4n) is 7.03. The lowest BCUT2D eigenvalue weighted by Crippen LogP contribution is -2.49. The van der Waals surface area contributed by atoms with E-state index in [9.17, 15) is 18.0 Å². The summed E-state index contributed by atoms with van der Waals surface area (Å²) in [4.78, 5) is 17.8. The normalized spacial score (nSPS) is 17.3. The lowest BCUT2D eigenvalue weighted by atomic mass is 9.78. The standard InChI is InChI=1S/C37H43F3N4O2/c38-37(39,40)46-31-15-13-29(14-16-31)33-27-44(20-8-5-11-35(45)36(41)18-6-2-7-19-36)34-17-12-28(25-32(33)34)26-42-21-23-43(24-22-42)30-9-3-1-4-10-30/h1,3-4,9-10,12-17,25,27H,2,5-8,11,18-24,26,41H2. The van der Waals surface area contributed by atoms with Crippen molar-refractivity contribution in [1.82, 2.24) is 9.47 Å². The number of para-hydroxylation sites is 1. The molecule has 0 spiro atoms. The van der Waals surface area contributed by atoms with Gasteiger partial charge in [-0.1, -0.05) is 55.7 Å². The first-order valence-corrected chi connectivity index (χ1v) is 16.5. The molecule has 6 nitrogen and oxygen atoms in total. The maximum Gasteiger partial charge on any atom is 0.573 e. The molecule has 1 saturated carbocycles. The van der Waals surface area contributed by atoms with Crippen LogP contribution in [0.1, 0.15) is 56.9 Å². The number of nitrogens with zero attached hydrogens (tertiary/aromatic N) is 3. The number of ketones is 1. The molecular formula is C37H43F3N4O2. The number of fused-ring (bicyclic) bond motifs is 1. The second kappa shape index (κ2) is 13.9. The van der Waals surface area contributed by atoms with Crippen molar-refractivity contribution in [3.8, 4) is 16.9 Å². The minimum absolute atomic E-state index is 0.181. The monoisotopic (exact) mass is 632 g/mol. The van der Waals surface area contributed by atoms with Gasteiger partial charge in [0.15, 0.2) is 5.78 Å². The molecule has 6 rings (SSSR count). The minimum Gasteiger partial charge on any atom is -0.406 e. The molecule has 0 amide bonds. The number of hydrogen-bond acceptors (Lipinski definition) is 5. The number of unbranched alkanes of at least 4 members (excludes halogenated alkanes) is 1. The van der Waals surface area contributed by atoms with Gasteiger partial charge >= 0.3 is 6.36 Å². The van der Waals surface area contributed by atoms with Gasteiger partial charge in [0.1, 0.15) is 5.75 Å². The van der Waals surface area contributed by atoms with Crippen LogP contribution in [0, 0.1) is 0 Å². The van der Waals surface area contributed by atoms with E-state index in [2.05, 4.69) is 67.8 Å². The second-order valence-corrected chi connectivity index (χ2v) is 12.9. The van der Waals surface area contributed by atoms with Crippen LogP contribution in [0.2, 0.25) is 0 Å². The van der Waals surface area contributed by atoms with E-state index in [1.807, 2.05) is 6.07 Å². The third kappa shape index (κ3) is 7.76. The molecule has 0 atom stereocenters. The van der Waals surface area contributed by atoms with Crippen molar-refractivity contribution in [2.24, 2.45) is 5.73 Å². The Bertz CT molecular complexity index is 1600. The number of ether oxygens (including phenoxy) is 1. The molecule has 2 N–H and O–H groups in total. The largest absolute Gasteiger partial charge is 0.573 e. The molecule has 1 aliphatic heterocycles. The number of halogens is 3.